The molecular weight excluding hydrogens is 401 g/mol. The van der Waals surface area contributed by atoms with E-state index in [1.54, 1.807) is 0 Å². The van der Waals surface area contributed by atoms with Crippen molar-refractivity contribution in [3.8, 4) is 6.07 Å². The Balaban J connectivity index is 1.38. The molecule has 2 fully saturated rings. The van der Waals surface area contributed by atoms with Crippen LogP contribution in [0, 0.1) is 23.2 Å². The van der Waals surface area contributed by atoms with Crippen LogP contribution in [0.1, 0.15) is 101 Å². The van der Waals surface area contributed by atoms with Gasteiger partial charge < -0.3 is 4.74 Å². The Morgan fingerprint density at radius 1 is 1.03 bits per heavy atom. The van der Waals surface area contributed by atoms with E-state index < -0.39 is 5.83 Å². The van der Waals surface area contributed by atoms with Crippen molar-refractivity contribution in [1.82, 2.24) is 0 Å². The second-order valence-electron chi connectivity index (χ2n) is 9.70. The molecule has 0 aromatic heterocycles. The van der Waals surface area contributed by atoms with Crippen LogP contribution in [0.15, 0.2) is 36.2 Å². The van der Waals surface area contributed by atoms with Gasteiger partial charge in [0.25, 0.3) is 0 Å². The lowest BCUT2D eigenvalue weighted by atomic mass is 9.81. The van der Waals surface area contributed by atoms with Gasteiger partial charge in [-0.3, -0.25) is 4.79 Å². The van der Waals surface area contributed by atoms with E-state index in [0.717, 1.165) is 51.4 Å². The molecule has 0 aliphatic heterocycles. The van der Waals surface area contributed by atoms with E-state index in [1.807, 2.05) is 0 Å². The fraction of sp³-hybridized carbons (Fsp3) is 0.643. The van der Waals surface area contributed by atoms with E-state index in [0.29, 0.717) is 5.92 Å². The number of ether oxygens (including phenoxy) is 1. The number of benzene rings is 1. The van der Waals surface area contributed by atoms with Crippen LogP contribution in [0.2, 0.25) is 0 Å². The first kappa shape index (κ1) is 24.5. The molecule has 2 aliphatic carbocycles. The Hall–Kier alpha value is -2.15. The number of nitriles is 1. The van der Waals surface area contributed by atoms with Crippen molar-refractivity contribution in [2.75, 3.05) is 0 Å². The number of carbonyl (C=O) groups is 1. The lowest BCUT2D eigenvalue weighted by molar-refractivity contribution is -0.157. The minimum absolute atomic E-state index is 0.0326. The van der Waals surface area contributed by atoms with Gasteiger partial charge >= 0.3 is 5.97 Å². The van der Waals surface area contributed by atoms with Crippen LogP contribution in [0.5, 0.6) is 0 Å². The van der Waals surface area contributed by atoms with E-state index in [-0.39, 0.29) is 23.9 Å². The highest BCUT2D eigenvalue weighted by molar-refractivity contribution is 5.72. The van der Waals surface area contributed by atoms with E-state index >= 15 is 0 Å². The van der Waals surface area contributed by atoms with Crippen LogP contribution >= 0.6 is 0 Å². The number of aryl methyl sites for hydroxylation is 1. The molecule has 3 nitrogen and oxygen atoms in total. The van der Waals surface area contributed by atoms with Gasteiger partial charge in [-0.05, 0) is 93.2 Å². The zero-order chi connectivity index (χ0) is 22.8. The van der Waals surface area contributed by atoms with Crippen molar-refractivity contribution in [2.45, 2.75) is 102 Å². The van der Waals surface area contributed by atoms with Gasteiger partial charge in [-0.15, -0.1) is 0 Å². The predicted molar refractivity (Wildman–Crippen MR) is 126 cm³/mol. The van der Waals surface area contributed by atoms with Gasteiger partial charge in [-0.2, -0.15) is 9.65 Å². The smallest absolute Gasteiger partial charge is 0.309 e. The molecule has 174 valence electrons. The Bertz CT molecular complexity index is 779. The first-order valence-electron chi connectivity index (χ1n) is 12.7. The molecule has 2 saturated carbocycles. The standard InChI is InChI=1S/C28H38FNO2/c1-2-3-4-5-6-21-7-11-23(12-8-21)24-15-17-27(18-16-24)32-28(31)25-13-9-22(10-14-25)19-26(29)20-30/h7-8,11-12,19,22,24-25,27H,2-6,9-10,13-18H2,1H3/b26-19+. The summed E-state index contributed by atoms with van der Waals surface area (Å²) in [6, 6.07) is 10.7. The number of rotatable bonds is 9. The molecule has 0 atom stereocenters. The summed E-state index contributed by atoms with van der Waals surface area (Å²) in [5.41, 5.74) is 2.86. The fourth-order valence-corrected chi connectivity index (χ4v) is 5.25. The molecule has 0 spiro atoms. The van der Waals surface area contributed by atoms with E-state index in [9.17, 15) is 9.18 Å². The molecule has 0 saturated heterocycles. The minimum atomic E-state index is -0.714. The number of carbonyl (C=O) groups excluding carboxylic acids is 1. The molecule has 3 rings (SSSR count). The summed E-state index contributed by atoms with van der Waals surface area (Å²) in [6.07, 6.45) is 14.7. The summed E-state index contributed by atoms with van der Waals surface area (Å²) in [5, 5.41) is 8.57. The lowest BCUT2D eigenvalue weighted by Gasteiger charge is -2.31. The van der Waals surface area contributed by atoms with Crippen LogP contribution in [0.4, 0.5) is 4.39 Å². The number of esters is 1. The van der Waals surface area contributed by atoms with Gasteiger partial charge in [-0.25, -0.2) is 0 Å². The van der Waals surface area contributed by atoms with Crippen LogP contribution in [-0.2, 0) is 16.0 Å². The SMILES string of the molecule is CCCCCCc1ccc(C2CCC(OC(=O)C3CCC(/C=C(/F)C#N)CC3)CC2)cc1. The van der Waals surface area contributed by atoms with Crippen LogP contribution in [0.25, 0.3) is 0 Å². The van der Waals surface area contributed by atoms with Crippen molar-refractivity contribution in [3.05, 3.63) is 47.3 Å². The van der Waals surface area contributed by atoms with Gasteiger partial charge in [0.15, 0.2) is 5.83 Å². The fourth-order valence-electron chi connectivity index (χ4n) is 5.25. The molecule has 32 heavy (non-hydrogen) atoms. The summed E-state index contributed by atoms with van der Waals surface area (Å²) in [6.45, 7) is 2.25. The third kappa shape index (κ3) is 7.47. The van der Waals surface area contributed by atoms with Crippen molar-refractivity contribution in [2.24, 2.45) is 11.8 Å². The van der Waals surface area contributed by atoms with Crippen LogP contribution < -0.4 is 0 Å². The number of nitrogens with zero attached hydrogens (tertiary/aromatic N) is 1. The maximum absolute atomic E-state index is 13.1. The Morgan fingerprint density at radius 2 is 1.72 bits per heavy atom. The number of unbranched alkanes of at least 4 members (excludes halogenated alkanes) is 3. The monoisotopic (exact) mass is 439 g/mol. The molecule has 0 amide bonds. The van der Waals surface area contributed by atoms with Crippen molar-refractivity contribution in [3.63, 3.8) is 0 Å². The van der Waals surface area contributed by atoms with E-state index in [2.05, 4.69) is 31.2 Å². The molecule has 0 heterocycles. The topological polar surface area (TPSA) is 50.1 Å². The molecular formula is C28H38FNO2. The number of hydrogen-bond donors (Lipinski definition) is 0. The normalized spacial score (nSPS) is 26.3. The summed E-state index contributed by atoms with van der Waals surface area (Å²) >= 11 is 0. The first-order valence-corrected chi connectivity index (χ1v) is 12.7. The van der Waals surface area contributed by atoms with E-state index in [1.165, 1.54) is 55.4 Å². The Labute approximate surface area is 193 Å². The molecule has 0 unspecified atom stereocenters. The van der Waals surface area contributed by atoms with Crippen LogP contribution in [0.3, 0.4) is 0 Å². The maximum Gasteiger partial charge on any atom is 0.309 e. The zero-order valence-electron chi connectivity index (χ0n) is 19.5. The van der Waals surface area contributed by atoms with Gasteiger partial charge in [0.1, 0.15) is 12.2 Å². The van der Waals surface area contributed by atoms with E-state index in [4.69, 9.17) is 10.00 Å². The molecule has 0 bridgehead atoms. The molecule has 1 aromatic carbocycles. The first-order chi connectivity index (χ1) is 15.6. The molecule has 0 N–H and O–H groups in total. The highest BCUT2D eigenvalue weighted by atomic mass is 19.1. The minimum Gasteiger partial charge on any atom is -0.462 e. The molecule has 2 aliphatic rings. The molecule has 4 heteroatoms. The summed E-state index contributed by atoms with van der Waals surface area (Å²) in [7, 11) is 0. The van der Waals surface area contributed by atoms with Crippen molar-refractivity contribution < 1.29 is 13.9 Å². The second kappa shape index (κ2) is 12.8. The number of hydrogen-bond acceptors (Lipinski definition) is 3. The van der Waals surface area contributed by atoms with Crippen molar-refractivity contribution in [1.29, 1.82) is 5.26 Å². The quantitative estimate of drug-likeness (QED) is 0.226. The largest absolute Gasteiger partial charge is 0.462 e. The highest BCUT2D eigenvalue weighted by Gasteiger charge is 2.30. The summed E-state index contributed by atoms with van der Waals surface area (Å²) < 4.78 is 19.0. The van der Waals surface area contributed by atoms with Gasteiger partial charge in [0.05, 0.1) is 5.92 Å². The van der Waals surface area contributed by atoms with Gasteiger partial charge in [0.2, 0.25) is 0 Å². The summed E-state index contributed by atoms with van der Waals surface area (Å²) in [5.74, 6) is -0.237. The van der Waals surface area contributed by atoms with Gasteiger partial charge in [0, 0.05) is 0 Å². The third-order valence-corrected chi connectivity index (χ3v) is 7.32. The van der Waals surface area contributed by atoms with Crippen LogP contribution in [-0.4, -0.2) is 12.1 Å². The zero-order valence-corrected chi connectivity index (χ0v) is 19.5. The number of halogens is 1. The Morgan fingerprint density at radius 3 is 2.34 bits per heavy atom. The van der Waals surface area contributed by atoms with Crippen molar-refractivity contribution >= 4 is 5.97 Å². The second-order valence-corrected chi connectivity index (χ2v) is 9.70. The highest BCUT2D eigenvalue weighted by Crippen LogP contribution is 2.36. The average molecular weight is 440 g/mol. The van der Waals surface area contributed by atoms with Gasteiger partial charge in [-0.1, -0.05) is 50.5 Å². The Kier molecular flexibility index (Phi) is 9.78. The number of allylic oxidation sites excluding steroid dienone is 2. The molecule has 1 aromatic rings. The predicted octanol–water partition coefficient (Wildman–Crippen LogP) is 7.56. The third-order valence-electron chi connectivity index (χ3n) is 7.32. The average Bonchev–Trinajstić information content (AvgIpc) is 2.83. The lowest BCUT2D eigenvalue weighted by Crippen LogP contribution is -2.29. The maximum atomic E-state index is 13.1. The summed E-state index contributed by atoms with van der Waals surface area (Å²) in [4.78, 5) is 12.6. The molecule has 0 radical (unpaired) electrons.